The second kappa shape index (κ2) is 5.08. The zero-order valence-electron chi connectivity index (χ0n) is 9.13. The summed E-state index contributed by atoms with van der Waals surface area (Å²) < 4.78 is 5.93. The van der Waals surface area contributed by atoms with Gasteiger partial charge in [0, 0.05) is 17.1 Å². The number of ether oxygens (including phenoxy) is 1. The SMILES string of the molecule is COc1ccc(Cl)cc1-c1nc(Br)[nH]c1CN. The average Bonchev–Trinajstić information content (AvgIpc) is 2.70. The highest BCUT2D eigenvalue weighted by molar-refractivity contribution is 9.10. The Morgan fingerprint density at radius 1 is 1.53 bits per heavy atom. The molecule has 0 saturated carbocycles. The summed E-state index contributed by atoms with van der Waals surface area (Å²) >= 11 is 9.28. The molecule has 0 aliphatic heterocycles. The van der Waals surface area contributed by atoms with Crippen LogP contribution in [0.25, 0.3) is 11.3 Å². The quantitative estimate of drug-likeness (QED) is 0.915. The highest BCUT2D eigenvalue weighted by Gasteiger charge is 2.14. The summed E-state index contributed by atoms with van der Waals surface area (Å²) in [5.74, 6) is 0.711. The van der Waals surface area contributed by atoms with Crippen LogP contribution in [0, 0.1) is 0 Å². The molecule has 0 bridgehead atoms. The molecule has 3 N–H and O–H groups in total. The Kier molecular flexibility index (Phi) is 3.71. The molecule has 0 spiro atoms. The van der Waals surface area contributed by atoms with E-state index in [1.54, 1.807) is 19.2 Å². The van der Waals surface area contributed by atoms with Crippen molar-refractivity contribution >= 4 is 27.5 Å². The van der Waals surface area contributed by atoms with Gasteiger partial charge in [0.15, 0.2) is 4.73 Å². The van der Waals surface area contributed by atoms with E-state index in [1.807, 2.05) is 6.07 Å². The van der Waals surface area contributed by atoms with Gasteiger partial charge in [0.25, 0.3) is 0 Å². The summed E-state index contributed by atoms with van der Waals surface area (Å²) in [5.41, 5.74) is 8.07. The zero-order chi connectivity index (χ0) is 12.4. The van der Waals surface area contributed by atoms with Crippen molar-refractivity contribution < 1.29 is 4.74 Å². The van der Waals surface area contributed by atoms with Gasteiger partial charge in [-0.2, -0.15) is 0 Å². The number of nitrogens with two attached hydrogens (primary N) is 1. The van der Waals surface area contributed by atoms with Gasteiger partial charge in [-0.3, -0.25) is 0 Å². The number of halogens is 2. The molecular formula is C11H11BrClN3O. The molecule has 1 aromatic carbocycles. The van der Waals surface area contributed by atoms with Gasteiger partial charge in [0.05, 0.1) is 18.5 Å². The average molecular weight is 317 g/mol. The number of rotatable bonds is 3. The topological polar surface area (TPSA) is 63.9 Å². The second-order valence-electron chi connectivity index (χ2n) is 3.40. The van der Waals surface area contributed by atoms with Crippen molar-refractivity contribution in [3.05, 3.63) is 33.6 Å². The molecule has 2 rings (SSSR count). The van der Waals surface area contributed by atoms with E-state index < -0.39 is 0 Å². The first kappa shape index (κ1) is 12.4. The first-order valence-corrected chi connectivity index (χ1v) is 6.11. The predicted molar refractivity (Wildman–Crippen MR) is 71.2 cm³/mol. The van der Waals surface area contributed by atoms with Crippen LogP contribution in [0.5, 0.6) is 5.75 Å². The number of hydrogen-bond donors (Lipinski definition) is 2. The Morgan fingerprint density at radius 2 is 2.29 bits per heavy atom. The van der Waals surface area contributed by atoms with E-state index in [9.17, 15) is 0 Å². The van der Waals surface area contributed by atoms with E-state index >= 15 is 0 Å². The monoisotopic (exact) mass is 315 g/mol. The van der Waals surface area contributed by atoms with E-state index in [0.29, 0.717) is 22.1 Å². The van der Waals surface area contributed by atoms with Gasteiger partial charge in [-0.15, -0.1) is 0 Å². The summed E-state index contributed by atoms with van der Waals surface area (Å²) in [4.78, 5) is 7.39. The van der Waals surface area contributed by atoms with Gasteiger partial charge >= 0.3 is 0 Å². The second-order valence-corrected chi connectivity index (χ2v) is 4.59. The molecule has 0 aliphatic carbocycles. The standard InChI is InChI=1S/C11H11BrClN3O/c1-17-9-3-2-6(13)4-7(9)10-8(5-14)15-11(12)16-10/h2-4H,5,14H2,1H3,(H,15,16). The molecule has 0 saturated heterocycles. The summed E-state index contributed by atoms with van der Waals surface area (Å²) in [6.07, 6.45) is 0. The van der Waals surface area contributed by atoms with E-state index in [0.717, 1.165) is 17.0 Å². The number of hydrogen-bond acceptors (Lipinski definition) is 3. The first-order chi connectivity index (χ1) is 8.15. The number of H-pyrrole nitrogens is 1. The Labute approximate surface area is 112 Å². The van der Waals surface area contributed by atoms with Gasteiger partial charge in [-0.05, 0) is 34.1 Å². The predicted octanol–water partition coefficient (Wildman–Crippen LogP) is 2.96. The van der Waals surface area contributed by atoms with Crippen LogP contribution in [0.3, 0.4) is 0 Å². The fraction of sp³-hybridized carbons (Fsp3) is 0.182. The third kappa shape index (κ3) is 2.46. The first-order valence-electron chi connectivity index (χ1n) is 4.94. The highest BCUT2D eigenvalue weighted by atomic mass is 79.9. The highest BCUT2D eigenvalue weighted by Crippen LogP contribution is 2.33. The van der Waals surface area contributed by atoms with E-state index in [4.69, 9.17) is 22.1 Å². The molecule has 4 nitrogen and oxygen atoms in total. The van der Waals surface area contributed by atoms with Crippen LogP contribution in [0.15, 0.2) is 22.9 Å². The maximum absolute atomic E-state index is 5.99. The Hall–Kier alpha value is -1.04. The lowest BCUT2D eigenvalue weighted by molar-refractivity contribution is 0.416. The molecule has 0 unspecified atom stereocenters. The summed E-state index contributed by atoms with van der Waals surface area (Å²) in [6.45, 7) is 0.365. The van der Waals surface area contributed by atoms with Crippen molar-refractivity contribution in [2.75, 3.05) is 7.11 Å². The minimum atomic E-state index is 0.365. The molecule has 0 atom stereocenters. The van der Waals surface area contributed by atoms with Crippen LogP contribution in [0.1, 0.15) is 5.69 Å². The molecule has 0 aliphatic rings. The maximum atomic E-state index is 5.99. The van der Waals surface area contributed by atoms with Crippen LogP contribution in [0.4, 0.5) is 0 Å². The van der Waals surface area contributed by atoms with Gasteiger partial charge < -0.3 is 15.5 Å². The molecule has 90 valence electrons. The zero-order valence-corrected chi connectivity index (χ0v) is 11.5. The molecule has 0 radical (unpaired) electrons. The van der Waals surface area contributed by atoms with Gasteiger partial charge in [-0.1, -0.05) is 11.6 Å². The van der Waals surface area contributed by atoms with E-state index in [-0.39, 0.29) is 0 Å². The van der Waals surface area contributed by atoms with E-state index in [1.165, 1.54) is 0 Å². The minimum Gasteiger partial charge on any atom is -0.496 e. The van der Waals surface area contributed by atoms with Gasteiger partial charge in [0.1, 0.15) is 5.75 Å². The van der Waals surface area contributed by atoms with Crippen molar-refractivity contribution in [1.29, 1.82) is 0 Å². The Balaban J connectivity index is 2.61. The summed E-state index contributed by atoms with van der Waals surface area (Å²) in [6, 6.07) is 5.39. The number of benzene rings is 1. The lowest BCUT2D eigenvalue weighted by Crippen LogP contribution is -1.99. The normalized spacial score (nSPS) is 10.6. The van der Waals surface area contributed by atoms with Gasteiger partial charge in [0.2, 0.25) is 0 Å². The molecule has 17 heavy (non-hydrogen) atoms. The van der Waals surface area contributed by atoms with Gasteiger partial charge in [-0.25, -0.2) is 4.98 Å². The molecule has 1 heterocycles. The van der Waals surface area contributed by atoms with Crippen molar-refractivity contribution in [1.82, 2.24) is 9.97 Å². The number of aromatic amines is 1. The molecule has 1 aromatic heterocycles. The van der Waals surface area contributed by atoms with E-state index in [2.05, 4.69) is 25.9 Å². The number of nitrogens with zero attached hydrogens (tertiary/aromatic N) is 1. The summed E-state index contributed by atoms with van der Waals surface area (Å²) in [5, 5.41) is 0.628. The smallest absolute Gasteiger partial charge is 0.175 e. The molecule has 0 fully saturated rings. The molecule has 0 amide bonds. The fourth-order valence-corrected chi connectivity index (χ4v) is 2.20. The third-order valence-electron chi connectivity index (χ3n) is 2.37. The van der Waals surface area contributed by atoms with Crippen molar-refractivity contribution in [3.8, 4) is 17.0 Å². The molecule has 2 aromatic rings. The van der Waals surface area contributed by atoms with Crippen LogP contribution in [-0.2, 0) is 6.54 Å². The third-order valence-corrected chi connectivity index (χ3v) is 2.98. The van der Waals surface area contributed by atoms with Crippen molar-refractivity contribution in [3.63, 3.8) is 0 Å². The minimum absolute atomic E-state index is 0.365. The fourth-order valence-electron chi connectivity index (χ4n) is 1.61. The van der Waals surface area contributed by atoms with Crippen LogP contribution in [-0.4, -0.2) is 17.1 Å². The number of aromatic nitrogens is 2. The number of methoxy groups -OCH3 is 1. The lowest BCUT2D eigenvalue weighted by Gasteiger charge is -2.08. The largest absolute Gasteiger partial charge is 0.496 e. The van der Waals surface area contributed by atoms with Crippen molar-refractivity contribution in [2.24, 2.45) is 5.73 Å². The van der Waals surface area contributed by atoms with Crippen LogP contribution in [0.2, 0.25) is 5.02 Å². The molecular weight excluding hydrogens is 305 g/mol. The molecule has 6 heteroatoms. The lowest BCUT2D eigenvalue weighted by atomic mass is 10.1. The number of imidazole rings is 1. The Morgan fingerprint density at radius 3 is 2.94 bits per heavy atom. The Bertz CT molecular complexity index is 542. The van der Waals surface area contributed by atoms with Crippen LogP contribution >= 0.6 is 27.5 Å². The summed E-state index contributed by atoms with van der Waals surface area (Å²) in [7, 11) is 1.61. The van der Waals surface area contributed by atoms with Crippen LogP contribution < -0.4 is 10.5 Å². The number of nitrogens with one attached hydrogen (secondary N) is 1. The van der Waals surface area contributed by atoms with Crippen molar-refractivity contribution in [2.45, 2.75) is 6.54 Å². The maximum Gasteiger partial charge on any atom is 0.175 e.